The highest BCUT2D eigenvalue weighted by molar-refractivity contribution is 7.07. The van der Waals surface area contributed by atoms with Crippen LogP contribution in [0, 0.1) is 0 Å². The van der Waals surface area contributed by atoms with E-state index < -0.39 is 18.2 Å². The molecule has 0 radical (unpaired) electrons. The first-order valence-corrected chi connectivity index (χ1v) is 10.9. The minimum Gasteiger partial charge on any atom is -0.443 e. The Balaban J connectivity index is 1.59. The second-order valence-electron chi connectivity index (χ2n) is 7.25. The molecule has 0 aliphatic heterocycles. The number of aliphatic hydroxyl groups is 1. The second kappa shape index (κ2) is 11.4. The predicted molar refractivity (Wildman–Crippen MR) is 118 cm³/mol. The molecular weight excluding hydrogens is 398 g/mol. The van der Waals surface area contributed by atoms with Crippen LogP contribution in [-0.2, 0) is 24.2 Å². The summed E-state index contributed by atoms with van der Waals surface area (Å²) in [6.07, 6.45) is 0.102. The van der Waals surface area contributed by atoms with Crippen LogP contribution >= 0.6 is 11.3 Å². The molecule has 1 aromatic heterocycles. The monoisotopic (exact) mass is 425 g/mol. The Labute approximate surface area is 180 Å². The van der Waals surface area contributed by atoms with Crippen molar-refractivity contribution >= 4 is 17.4 Å². The number of hydrogen-bond acceptors (Lipinski definition) is 6. The zero-order valence-electron chi connectivity index (χ0n) is 16.7. The third-order valence-electron chi connectivity index (χ3n) is 4.79. The molecule has 4 N–H and O–H groups in total. The fraction of sp³-hybridized carbons (Fsp3) is 0.304. The van der Waals surface area contributed by atoms with Crippen LogP contribution in [0.5, 0.6) is 0 Å². The molecule has 3 aromatic rings. The van der Waals surface area contributed by atoms with Gasteiger partial charge in [0.1, 0.15) is 6.61 Å². The fourth-order valence-electron chi connectivity index (χ4n) is 3.27. The molecule has 3 atom stereocenters. The highest BCUT2D eigenvalue weighted by Gasteiger charge is 2.24. The van der Waals surface area contributed by atoms with E-state index in [0.29, 0.717) is 25.0 Å². The van der Waals surface area contributed by atoms with Crippen molar-refractivity contribution in [3.05, 3.63) is 88.4 Å². The Morgan fingerprint density at radius 2 is 1.70 bits per heavy atom. The van der Waals surface area contributed by atoms with Crippen molar-refractivity contribution in [2.45, 2.75) is 44.1 Å². The number of carbonyl (C=O) groups excluding carboxylic acids is 1. The summed E-state index contributed by atoms with van der Waals surface area (Å²) in [5.41, 5.74) is 10.8. The summed E-state index contributed by atoms with van der Waals surface area (Å²) in [5.74, 6) is 0. The molecule has 1 heterocycles. The smallest absolute Gasteiger partial charge is 0.407 e. The topological polar surface area (TPSA) is 97.5 Å². The van der Waals surface area contributed by atoms with Gasteiger partial charge in [-0.25, -0.2) is 9.78 Å². The molecule has 7 heteroatoms. The van der Waals surface area contributed by atoms with Gasteiger partial charge in [-0.1, -0.05) is 60.7 Å². The summed E-state index contributed by atoms with van der Waals surface area (Å²) < 4.78 is 5.26. The maximum absolute atomic E-state index is 12.3. The molecule has 0 bridgehead atoms. The lowest BCUT2D eigenvalue weighted by molar-refractivity contribution is 0.0918. The Morgan fingerprint density at radius 1 is 1.07 bits per heavy atom. The molecule has 0 aliphatic carbocycles. The van der Waals surface area contributed by atoms with E-state index in [-0.39, 0.29) is 12.6 Å². The van der Waals surface area contributed by atoms with Crippen molar-refractivity contribution < 1.29 is 14.6 Å². The number of hydrogen-bond donors (Lipinski definition) is 3. The SMILES string of the molecule is N[C@@H](Cc1ccccc1)C[C@H](O)C(Cc1ccccc1)NC(=O)OCc1cscn1. The highest BCUT2D eigenvalue weighted by Crippen LogP contribution is 2.13. The van der Waals surface area contributed by atoms with Crippen LogP contribution in [0.25, 0.3) is 0 Å². The molecule has 1 amide bonds. The molecule has 0 aliphatic rings. The normalized spacial score (nSPS) is 13.9. The lowest BCUT2D eigenvalue weighted by Gasteiger charge is -2.26. The number of carbonyl (C=O) groups is 1. The van der Waals surface area contributed by atoms with Gasteiger partial charge in [-0.3, -0.25) is 0 Å². The van der Waals surface area contributed by atoms with Gasteiger partial charge < -0.3 is 20.9 Å². The van der Waals surface area contributed by atoms with E-state index in [4.69, 9.17) is 10.5 Å². The Kier molecular flexibility index (Phi) is 8.38. The summed E-state index contributed by atoms with van der Waals surface area (Å²) >= 11 is 1.44. The van der Waals surface area contributed by atoms with E-state index in [1.165, 1.54) is 11.3 Å². The molecule has 0 spiro atoms. The highest BCUT2D eigenvalue weighted by atomic mass is 32.1. The van der Waals surface area contributed by atoms with Crippen LogP contribution in [0.15, 0.2) is 71.6 Å². The summed E-state index contributed by atoms with van der Waals surface area (Å²) in [4.78, 5) is 16.4. The predicted octanol–water partition coefficient (Wildman–Crippen LogP) is 3.30. The standard InChI is InChI=1S/C23H27N3O3S/c24-19(11-17-7-3-1-4-8-17)13-22(27)21(12-18-9-5-2-6-10-18)26-23(28)29-14-20-15-30-16-25-20/h1-10,15-16,19,21-22,27H,11-14,24H2,(H,26,28)/t19-,21?,22-/m0/s1. The van der Waals surface area contributed by atoms with Gasteiger partial charge in [-0.15, -0.1) is 11.3 Å². The summed E-state index contributed by atoms with van der Waals surface area (Å²) in [6.45, 7) is 0.0943. The summed E-state index contributed by atoms with van der Waals surface area (Å²) in [7, 11) is 0. The van der Waals surface area contributed by atoms with E-state index in [1.54, 1.807) is 5.51 Å². The number of aromatic nitrogens is 1. The van der Waals surface area contributed by atoms with Gasteiger partial charge in [0.15, 0.2) is 0 Å². The van der Waals surface area contributed by atoms with Crippen LogP contribution < -0.4 is 11.1 Å². The van der Waals surface area contributed by atoms with Crippen LogP contribution in [0.1, 0.15) is 23.2 Å². The molecule has 2 aromatic carbocycles. The van der Waals surface area contributed by atoms with E-state index in [1.807, 2.05) is 66.0 Å². The van der Waals surface area contributed by atoms with Crippen molar-refractivity contribution in [2.75, 3.05) is 0 Å². The Hall–Kier alpha value is -2.74. The first kappa shape index (κ1) is 22.0. The maximum Gasteiger partial charge on any atom is 0.407 e. The fourth-order valence-corrected chi connectivity index (χ4v) is 3.81. The van der Waals surface area contributed by atoms with Gasteiger partial charge in [0.25, 0.3) is 0 Å². The lowest BCUT2D eigenvalue weighted by atomic mass is 9.94. The third kappa shape index (κ3) is 7.26. The van der Waals surface area contributed by atoms with E-state index in [0.717, 1.165) is 11.1 Å². The second-order valence-corrected chi connectivity index (χ2v) is 7.97. The molecule has 6 nitrogen and oxygen atoms in total. The van der Waals surface area contributed by atoms with Gasteiger partial charge in [0.05, 0.1) is 23.4 Å². The Bertz CT molecular complexity index is 875. The molecular formula is C23H27N3O3S. The van der Waals surface area contributed by atoms with Crippen LogP contribution in [-0.4, -0.2) is 34.4 Å². The average Bonchev–Trinajstić information content (AvgIpc) is 3.27. The number of thiazole rings is 1. The molecule has 3 rings (SSSR count). The van der Waals surface area contributed by atoms with Crippen molar-refractivity contribution in [3.63, 3.8) is 0 Å². The van der Waals surface area contributed by atoms with Crippen molar-refractivity contribution in [2.24, 2.45) is 5.73 Å². The molecule has 0 saturated heterocycles. The third-order valence-corrected chi connectivity index (χ3v) is 5.42. The number of nitrogens with two attached hydrogens (primary N) is 1. The number of benzene rings is 2. The summed E-state index contributed by atoms with van der Waals surface area (Å²) in [6, 6.07) is 18.9. The zero-order chi connectivity index (χ0) is 21.2. The average molecular weight is 426 g/mol. The maximum atomic E-state index is 12.3. The van der Waals surface area contributed by atoms with Gasteiger partial charge in [-0.05, 0) is 30.4 Å². The van der Waals surface area contributed by atoms with Crippen LogP contribution in [0.3, 0.4) is 0 Å². The minimum atomic E-state index is -0.809. The zero-order valence-corrected chi connectivity index (χ0v) is 17.5. The number of nitrogens with zero attached hydrogens (tertiary/aromatic N) is 1. The number of rotatable bonds is 10. The molecule has 1 unspecified atom stereocenters. The van der Waals surface area contributed by atoms with Crippen molar-refractivity contribution in [1.29, 1.82) is 0 Å². The van der Waals surface area contributed by atoms with Crippen LogP contribution in [0.4, 0.5) is 4.79 Å². The first-order valence-electron chi connectivity index (χ1n) is 9.92. The molecule has 30 heavy (non-hydrogen) atoms. The molecule has 0 saturated carbocycles. The minimum absolute atomic E-state index is 0.0943. The van der Waals surface area contributed by atoms with Gasteiger partial charge >= 0.3 is 6.09 Å². The molecule has 158 valence electrons. The number of aliphatic hydroxyl groups excluding tert-OH is 1. The van der Waals surface area contributed by atoms with Gasteiger partial charge in [-0.2, -0.15) is 0 Å². The van der Waals surface area contributed by atoms with E-state index in [9.17, 15) is 9.90 Å². The van der Waals surface area contributed by atoms with E-state index in [2.05, 4.69) is 10.3 Å². The quantitative estimate of drug-likeness (QED) is 0.463. The van der Waals surface area contributed by atoms with Gasteiger partial charge in [0, 0.05) is 11.4 Å². The first-order chi connectivity index (χ1) is 14.6. The number of ether oxygens (including phenoxy) is 1. The van der Waals surface area contributed by atoms with Gasteiger partial charge in [0.2, 0.25) is 0 Å². The Morgan fingerprint density at radius 3 is 2.30 bits per heavy atom. The van der Waals surface area contributed by atoms with Crippen molar-refractivity contribution in [1.82, 2.24) is 10.3 Å². The van der Waals surface area contributed by atoms with Crippen molar-refractivity contribution in [3.8, 4) is 0 Å². The lowest BCUT2D eigenvalue weighted by Crippen LogP contribution is -2.47. The summed E-state index contributed by atoms with van der Waals surface area (Å²) in [5, 5.41) is 15.5. The largest absolute Gasteiger partial charge is 0.443 e. The van der Waals surface area contributed by atoms with Crippen LogP contribution in [0.2, 0.25) is 0 Å². The number of alkyl carbamates (subject to hydrolysis) is 1. The molecule has 0 fully saturated rings. The number of amides is 1. The number of nitrogens with one attached hydrogen (secondary N) is 1. The van der Waals surface area contributed by atoms with E-state index >= 15 is 0 Å².